The van der Waals surface area contributed by atoms with Gasteiger partial charge in [0.25, 0.3) is 0 Å². The molecular formula is C20H32N4O2. The average molecular weight is 361 g/mol. The number of methoxy groups -OCH3 is 1. The summed E-state index contributed by atoms with van der Waals surface area (Å²) in [7, 11) is 3.58. The topological polar surface area (TPSA) is 58.1 Å². The van der Waals surface area contributed by atoms with Gasteiger partial charge in [0.1, 0.15) is 5.75 Å². The molecule has 0 aliphatic carbocycles. The average Bonchev–Trinajstić information content (AvgIpc) is 3.39. The van der Waals surface area contributed by atoms with Crippen LogP contribution in [0.15, 0.2) is 29.3 Å². The standard InChI is InChI=1S/C20H32N4O2/c1-21-20(22-13-16-9-12-26-15-16)23-14-18(24-10-5-6-11-24)17-7-3-4-8-19(17)25-2/h3-4,7-8,16,18H,5-6,9-15H2,1-2H3,(H2,21,22,23). The van der Waals surface area contributed by atoms with Crippen molar-refractivity contribution in [2.75, 3.05) is 53.6 Å². The van der Waals surface area contributed by atoms with Crippen LogP contribution in [0.4, 0.5) is 0 Å². The normalized spacial score (nSPS) is 22.4. The molecule has 2 saturated heterocycles. The van der Waals surface area contributed by atoms with Crippen molar-refractivity contribution < 1.29 is 9.47 Å². The van der Waals surface area contributed by atoms with Crippen LogP contribution in [-0.4, -0.2) is 64.4 Å². The molecule has 2 aliphatic heterocycles. The number of ether oxygens (including phenoxy) is 2. The van der Waals surface area contributed by atoms with E-state index in [4.69, 9.17) is 9.47 Å². The molecule has 26 heavy (non-hydrogen) atoms. The molecule has 144 valence electrons. The van der Waals surface area contributed by atoms with E-state index in [1.165, 1.54) is 18.4 Å². The molecule has 1 aromatic carbocycles. The van der Waals surface area contributed by atoms with Crippen molar-refractivity contribution in [2.24, 2.45) is 10.9 Å². The van der Waals surface area contributed by atoms with E-state index >= 15 is 0 Å². The highest BCUT2D eigenvalue weighted by Gasteiger charge is 2.26. The minimum Gasteiger partial charge on any atom is -0.496 e. The summed E-state index contributed by atoms with van der Waals surface area (Å²) in [4.78, 5) is 6.93. The van der Waals surface area contributed by atoms with Crippen LogP contribution in [0.2, 0.25) is 0 Å². The summed E-state index contributed by atoms with van der Waals surface area (Å²) in [5.74, 6) is 2.39. The number of nitrogens with zero attached hydrogens (tertiary/aromatic N) is 2. The van der Waals surface area contributed by atoms with E-state index in [1.54, 1.807) is 7.11 Å². The first kappa shape index (κ1) is 19.0. The first-order valence-corrected chi connectivity index (χ1v) is 9.71. The molecule has 0 saturated carbocycles. The molecule has 6 heteroatoms. The van der Waals surface area contributed by atoms with E-state index in [9.17, 15) is 0 Å². The van der Waals surface area contributed by atoms with Gasteiger partial charge < -0.3 is 20.1 Å². The Morgan fingerprint density at radius 1 is 1.31 bits per heavy atom. The maximum Gasteiger partial charge on any atom is 0.191 e. The van der Waals surface area contributed by atoms with Crippen molar-refractivity contribution in [2.45, 2.75) is 25.3 Å². The van der Waals surface area contributed by atoms with Gasteiger partial charge in [0.15, 0.2) is 5.96 Å². The molecule has 0 spiro atoms. The number of aliphatic imine (C=N–C) groups is 1. The van der Waals surface area contributed by atoms with Crippen LogP contribution in [0.5, 0.6) is 5.75 Å². The van der Waals surface area contributed by atoms with Gasteiger partial charge in [0.05, 0.1) is 19.8 Å². The van der Waals surface area contributed by atoms with Crippen molar-refractivity contribution in [1.29, 1.82) is 0 Å². The Balaban J connectivity index is 1.63. The van der Waals surface area contributed by atoms with E-state index < -0.39 is 0 Å². The fourth-order valence-corrected chi connectivity index (χ4v) is 3.83. The number of benzene rings is 1. The molecule has 2 atom stereocenters. The van der Waals surface area contributed by atoms with Crippen LogP contribution >= 0.6 is 0 Å². The summed E-state index contributed by atoms with van der Waals surface area (Å²) in [6, 6.07) is 8.62. The zero-order valence-corrected chi connectivity index (χ0v) is 16.0. The van der Waals surface area contributed by atoms with Gasteiger partial charge in [-0.15, -0.1) is 0 Å². The highest BCUT2D eigenvalue weighted by Crippen LogP contribution is 2.31. The van der Waals surface area contributed by atoms with Gasteiger partial charge in [0.2, 0.25) is 0 Å². The van der Waals surface area contributed by atoms with Gasteiger partial charge in [-0.05, 0) is 38.4 Å². The fourth-order valence-electron chi connectivity index (χ4n) is 3.83. The third kappa shape index (κ3) is 4.89. The summed E-state index contributed by atoms with van der Waals surface area (Å²) < 4.78 is 11.1. The highest BCUT2D eigenvalue weighted by molar-refractivity contribution is 5.79. The number of rotatable bonds is 7. The Bertz CT molecular complexity index is 581. The van der Waals surface area contributed by atoms with Crippen molar-refractivity contribution >= 4 is 5.96 Å². The Morgan fingerprint density at radius 2 is 2.12 bits per heavy atom. The van der Waals surface area contributed by atoms with Crippen LogP contribution in [0.25, 0.3) is 0 Å². The van der Waals surface area contributed by atoms with E-state index in [0.29, 0.717) is 5.92 Å². The molecular weight excluding hydrogens is 328 g/mol. The largest absolute Gasteiger partial charge is 0.496 e. The van der Waals surface area contributed by atoms with Gasteiger partial charge in [-0.3, -0.25) is 9.89 Å². The van der Waals surface area contributed by atoms with Crippen LogP contribution in [-0.2, 0) is 4.74 Å². The molecule has 2 fully saturated rings. The van der Waals surface area contributed by atoms with E-state index in [-0.39, 0.29) is 6.04 Å². The molecule has 2 unspecified atom stereocenters. The minimum absolute atomic E-state index is 0.280. The van der Waals surface area contributed by atoms with Gasteiger partial charge in [-0.1, -0.05) is 18.2 Å². The number of likely N-dealkylation sites (tertiary alicyclic amines) is 1. The lowest BCUT2D eigenvalue weighted by Gasteiger charge is -2.30. The first-order valence-electron chi connectivity index (χ1n) is 9.71. The summed E-state index contributed by atoms with van der Waals surface area (Å²) in [5, 5.41) is 6.97. The van der Waals surface area contributed by atoms with Crippen LogP contribution in [0, 0.1) is 5.92 Å². The smallest absolute Gasteiger partial charge is 0.191 e. The third-order valence-electron chi connectivity index (χ3n) is 5.35. The Morgan fingerprint density at radius 3 is 2.81 bits per heavy atom. The molecule has 0 amide bonds. The number of hydrogen-bond acceptors (Lipinski definition) is 4. The Kier molecular flexibility index (Phi) is 7.14. The lowest BCUT2D eigenvalue weighted by molar-refractivity contribution is 0.186. The lowest BCUT2D eigenvalue weighted by atomic mass is 10.0. The minimum atomic E-state index is 0.280. The van der Waals surface area contributed by atoms with Gasteiger partial charge in [0, 0.05) is 38.2 Å². The molecule has 2 heterocycles. The quantitative estimate of drug-likeness (QED) is 0.576. The second kappa shape index (κ2) is 9.78. The summed E-state index contributed by atoms with van der Waals surface area (Å²) in [6.45, 7) is 5.71. The van der Waals surface area contributed by atoms with Crippen LogP contribution < -0.4 is 15.4 Å². The molecule has 2 aliphatic rings. The van der Waals surface area contributed by atoms with Crippen molar-refractivity contribution in [3.63, 3.8) is 0 Å². The van der Waals surface area contributed by atoms with Gasteiger partial charge >= 0.3 is 0 Å². The predicted molar refractivity (Wildman–Crippen MR) is 105 cm³/mol. The summed E-state index contributed by atoms with van der Waals surface area (Å²) in [5.41, 5.74) is 1.24. The lowest BCUT2D eigenvalue weighted by Crippen LogP contribution is -2.44. The number of para-hydroxylation sites is 1. The molecule has 0 radical (unpaired) electrons. The van der Waals surface area contributed by atoms with Crippen LogP contribution in [0.3, 0.4) is 0 Å². The maximum absolute atomic E-state index is 5.62. The fraction of sp³-hybridized carbons (Fsp3) is 0.650. The SMILES string of the molecule is CN=C(NCC1CCOC1)NCC(c1ccccc1OC)N1CCCC1. The molecule has 3 rings (SSSR count). The number of guanidine groups is 1. The monoisotopic (exact) mass is 360 g/mol. The number of nitrogens with one attached hydrogen (secondary N) is 2. The molecule has 6 nitrogen and oxygen atoms in total. The molecule has 0 aromatic heterocycles. The van der Waals surface area contributed by atoms with Gasteiger partial charge in [-0.2, -0.15) is 0 Å². The van der Waals surface area contributed by atoms with Gasteiger partial charge in [-0.25, -0.2) is 0 Å². The Labute approximate surface area is 157 Å². The van der Waals surface area contributed by atoms with E-state index in [0.717, 1.165) is 57.5 Å². The zero-order chi connectivity index (χ0) is 18.2. The molecule has 2 N–H and O–H groups in total. The Hall–Kier alpha value is -1.79. The van der Waals surface area contributed by atoms with Crippen molar-refractivity contribution in [3.05, 3.63) is 29.8 Å². The number of hydrogen-bond donors (Lipinski definition) is 2. The first-order chi connectivity index (χ1) is 12.8. The second-order valence-electron chi connectivity index (χ2n) is 7.06. The molecule has 1 aromatic rings. The summed E-state index contributed by atoms with van der Waals surface area (Å²) in [6.07, 6.45) is 3.65. The second-order valence-corrected chi connectivity index (χ2v) is 7.06. The zero-order valence-electron chi connectivity index (χ0n) is 16.0. The van der Waals surface area contributed by atoms with Crippen molar-refractivity contribution in [1.82, 2.24) is 15.5 Å². The maximum atomic E-state index is 5.62. The highest BCUT2D eigenvalue weighted by atomic mass is 16.5. The van der Waals surface area contributed by atoms with E-state index in [1.807, 2.05) is 19.2 Å². The van der Waals surface area contributed by atoms with Crippen LogP contribution in [0.1, 0.15) is 30.9 Å². The third-order valence-corrected chi connectivity index (χ3v) is 5.35. The molecule has 0 bridgehead atoms. The summed E-state index contributed by atoms with van der Waals surface area (Å²) >= 11 is 0. The van der Waals surface area contributed by atoms with E-state index in [2.05, 4.69) is 32.7 Å². The van der Waals surface area contributed by atoms with Crippen molar-refractivity contribution in [3.8, 4) is 5.75 Å². The predicted octanol–water partition coefficient (Wildman–Crippen LogP) is 2.03.